The van der Waals surface area contributed by atoms with Crippen LogP contribution in [0.15, 0.2) is 29.8 Å². The molecule has 0 aliphatic heterocycles. The maximum Gasteiger partial charge on any atom is 0.188 e. The Balaban J connectivity index is 1.84. The number of rotatable bonds is 6. The van der Waals surface area contributed by atoms with E-state index in [1.165, 1.54) is 0 Å². The molecule has 0 saturated heterocycles. The predicted octanol–water partition coefficient (Wildman–Crippen LogP) is -0.363. The fraction of sp³-hybridized carbons (Fsp3) is 0.333. The molecule has 0 spiro atoms. The monoisotopic (exact) mass is 275 g/mol. The number of amidine groups is 1. The Bertz CT molecular complexity index is 593. The molecule has 2 aromatic rings. The van der Waals surface area contributed by atoms with Gasteiger partial charge < -0.3 is 20.8 Å². The normalized spacial score (nSPS) is 11.8. The second-order valence-electron chi connectivity index (χ2n) is 4.32. The molecule has 0 unspecified atom stereocenters. The molecule has 2 heterocycles. The first-order chi connectivity index (χ1) is 9.70. The molecule has 0 amide bonds. The number of oxime groups is 1. The van der Waals surface area contributed by atoms with Crippen molar-refractivity contribution in [1.82, 2.24) is 25.1 Å². The molecule has 0 atom stereocenters. The van der Waals surface area contributed by atoms with Crippen LogP contribution in [0.4, 0.5) is 0 Å². The summed E-state index contributed by atoms with van der Waals surface area (Å²) in [5.74, 6) is 0.940. The Morgan fingerprint density at radius 3 is 3.10 bits per heavy atom. The number of aryl methyl sites for hydroxylation is 1. The molecule has 2 aromatic heterocycles. The van der Waals surface area contributed by atoms with Crippen LogP contribution in [0.5, 0.6) is 0 Å². The number of aromatic nitrogens is 4. The van der Waals surface area contributed by atoms with Gasteiger partial charge in [-0.3, -0.25) is 4.98 Å². The lowest BCUT2D eigenvalue weighted by Crippen LogP contribution is -2.19. The minimum absolute atomic E-state index is 0.00550. The molecule has 0 aliphatic carbocycles. The second kappa shape index (κ2) is 6.62. The Labute approximate surface area is 116 Å². The Morgan fingerprint density at radius 2 is 2.40 bits per heavy atom. The van der Waals surface area contributed by atoms with Gasteiger partial charge in [-0.2, -0.15) is 0 Å². The van der Waals surface area contributed by atoms with Gasteiger partial charge >= 0.3 is 0 Å². The first-order valence-corrected chi connectivity index (χ1v) is 6.17. The summed E-state index contributed by atoms with van der Waals surface area (Å²) in [6.07, 6.45) is 4.11. The van der Waals surface area contributed by atoms with Crippen molar-refractivity contribution in [2.75, 3.05) is 6.54 Å². The minimum atomic E-state index is 0.00550. The van der Waals surface area contributed by atoms with Crippen molar-refractivity contribution in [3.63, 3.8) is 0 Å². The van der Waals surface area contributed by atoms with Crippen LogP contribution in [-0.4, -0.2) is 37.3 Å². The van der Waals surface area contributed by atoms with Crippen molar-refractivity contribution < 1.29 is 5.21 Å². The number of nitrogens with zero attached hydrogens (tertiary/aromatic N) is 5. The molecule has 0 saturated carbocycles. The number of hydrogen-bond donors (Lipinski definition) is 3. The minimum Gasteiger partial charge on any atom is -0.409 e. The number of hydrogen-bond acceptors (Lipinski definition) is 6. The van der Waals surface area contributed by atoms with E-state index in [-0.39, 0.29) is 5.84 Å². The third-order valence-electron chi connectivity index (χ3n) is 2.85. The van der Waals surface area contributed by atoms with Crippen molar-refractivity contribution in [2.45, 2.75) is 13.0 Å². The van der Waals surface area contributed by atoms with Gasteiger partial charge in [0.25, 0.3) is 0 Å². The highest BCUT2D eigenvalue weighted by Crippen LogP contribution is 2.01. The smallest absolute Gasteiger partial charge is 0.188 e. The summed E-state index contributed by atoms with van der Waals surface area (Å²) in [5, 5.41) is 22.7. The molecule has 0 radical (unpaired) electrons. The van der Waals surface area contributed by atoms with Gasteiger partial charge in [-0.1, -0.05) is 5.16 Å². The van der Waals surface area contributed by atoms with Crippen LogP contribution in [-0.2, 0) is 20.0 Å². The molecule has 0 aromatic carbocycles. The Morgan fingerprint density at radius 1 is 1.55 bits per heavy atom. The lowest BCUT2D eigenvalue weighted by molar-refractivity contribution is 0.318. The van der Waals surface area contributed by atoms with Crippen LogP contribution in [0.1, 0.15) is 17.1 Å². The van der Waals surface area contributed by atoms with Crippen LogP contribution in [0, 0.1) is 0 Å². The van der Waals surface area contributed by atoms with E-state index in [4.69, 9.17) is 10.9 Å². The SMILES string of the molecule is Cn1cnnc1CCNCc1ccnc(C(N)=NO)c1. The molecular weight excluding hydrogens is 258 g/mol. The van der Waals surface area contributed by atoms with Crippen molar-refractivity contribution in [1.29, 1.82) is 0 Å². The largest absolute Gasteiger partial charge is 0.409 e. The number of nitrogens with one attached hydrogen (secondary N) is 1. The van der Waals surface area contributed by atoms with Crippen LogP contribution in [0.2, 0.25) is 0 Å². The Kier molecular flexibility index (Phi) is 4.61. The zero-order valence-electron chi connectivity index (χ0n) is 11.2. The maximum atomic E-state index is 8.62. The molecule has 20 heavy (non-hydrogen) atoms. The first kappa shape index (κ1) is 13.9. The van der Waals surface area contributed by atoms with Gasteiger partial charge in [0.2, 0.25) is 0 Å². The Hall–Kier alpha value is -2.48. The summed E-state index contributed by atoms with van der Waals surface area (Å²) in [6, 6.07) is 3.66. The van der Waals surface area contributed by atoms with Crippen LogP contribution < -0.4 is 11.1 Å². The molecular formula is C12H17N7O. The van der Waals surface area contributed by atoms with Gasteiger partial charge in [0.15, 0.2) is 5.84 Å². The van der Waals surface area contributed by atoms with Crippen molar-refractivity contribution in [3.05, 3.63) is 41.7 Å². The standard InChI is InChI=1S/C12H17N7O/c1-19-8-16-17-11(19)3-4-14-7-9-2-5-15-10(6-9)12(13)18-20/h2,5-6,8,14,20H,3-4,7H2,1H3,(H2,13,18). The molecule has 8 heteroatoms. The molecule has 2 rings (SSSR count). The highest BCUT2D eigenvalue weighted by molar-refractivity contribution is 5.95. The quantitative estimate of drug-likeness (QED) is 0.218. The fourth-order valence-corrected chi connectivity index (χ4v) is 1.74. The summed E-state index contributed by atoms with van der Waals surface area (Å²) < 4.78 is 1.89. The number of nitrogens with two attached hydrogens (primary N) is 1. The summed E-state index contributed by atoms with van der Waals surface area (Å²) in [4.78, 5) is 4.03. The zero-order chi connectivity index (χ0) is 14.4. The molecule has 4 N–H and O–H groups in total. The molecule has 0 bridgehead atoms. The van der Waals surface area contributed by atoms with Gasteiger partial charge in [0, 0.05) is 32.8 Å². The van der Waals surface area contributed by atoms with Gasteiger partial charge in [0.05, 0.1) is 0 Å². The molecule has 106 valence electrons. The van der Waals surface area contributed by atoms with E-state index in [0.29, 0.717) is 12.2 Å². The average molecular weight is 275 g/mol. The summed E-state index contributed by atoms with van der Waals surface area (Å²) in [6.45, 7) is 1.46. The van der Waals surface area contributed by atoms with Gasteiger partial charge in [-0.25, -0.2) is 0 Å². The molecule has 8 nitrogen and oxygen atoms in total. The van der Waals surface area contributed by atoms with E-state index < -0.39 is 0 Å². The summed E-state index contributed by atoms with van der Waals surface area (Å²) in [7, 11) is 1.92. The third-order valence-corrected chi connectivity index (χ3v) is 2.85. The van der Waals surface area contributed by atoms with E-state index in [2.05, 4.69) is 25.7 Å². The van der Waals surface area contributed by atoms with Gasteiger partial charge in [-0.05, 0) is 17.7 Å². The zero-order valence-corrected chi connectivity index (χ0v) is 11.2. The lowest BCUT2D eigenvalue weighted by Gasteiger charge is -2.06. The van der Waals surface area contributed by atoms with Crippen LogP contribution >= 0.6 is 0 Å². The lowest BCUT2D eigenvalue weighted by atomic mass is 10.2. The predicted molar refractivity (Wildman–Crippen MR) is 73.2 cm³/mol. The summed E-state index contributed by atoms with van der Waals surface area (Å²) >= 11 is 0. The van der Waals surface area contributed by atoms with Gasteiger partial charge in [-0.15, -0.1) is 10.2 Å². The topological polar surface area (TPSA) is 114 Å². The van der Waals surface area contributed by atoms with E-state index in [0.717, 1.165) is 24.4 Å². The molecule has 0 fully saturated rings. The van der Waals surface area contributed by atoms with E-state index in [1.54, 1.807) is 18.6 Å². The van der Waals surface area contributed by atoms with Gasteiger partial charge in [0.1, 0.15) is 17.8 Å². The van der Waals surface area contributed by atoms with E-state index in [9.17, 15) is 0 Å². The van der Waals surface area contributed by atoms with Crippen LogP contribution in [0.25, 0.3) is 0 Å². The highest BCUT2D eigenvalue weighted by atomic mass is 16.4. The van der Waals surface area contributed by atoms with Crippen molar-refractivity contribution in [3.8, 4) is 0 Å². The van der Waals surface area contributed by atoms with Crippen molar-refractivity contribution in [2.24, 2.45) is 17.9 Å². The van der Waals surface area contributed by atoms with Crippen molar-refractivity contribution >= 4 is 5.84 Å². The van der Waals surface area contributed by atoms with Crippen LogP contribution in [0.3, 0.4) is 0 Å². The number of pyridine rings is 1. The summed E-state index contributed by atoms with van der Waals surface area (Å²) in [5.41, 5.74) is 6.97. The van der Waals surface area contributed by atoms with E-state index in [1.807, 2.05) is 17.7 Å². The average Bonchev–Trinajstić information content (AvgIpc) is 2.88. The van der Waals surface area contributed by atoms with E-state index >= 15 is 0 Å². The maximum absolute atomic E-state index is 8.62. The molecule has 0 aliphatic rings. The first-order valence-electron chi connectivity index (χ1n) is 6.17. The third kappa shape index (κ3) is 3.51. The second-order valence-corrected chi connectivity index (χ2v) is 4.32. The highest BCUT2D eigenvalue weighted by Gasteiger charge is 2.03. The fourth-order valence-electron chi connectivity index (χ4n) is 1.74.